The standard InChI is InChI=1S/C17H26FN3O4S/c1-13(2)16(17(22)19-7-8-21-9-11-25-12-10-21)20-26(23,24)15-6-4-3-5-14(15)18/h3-6,13,16,20H,7-12H2,1-2H3,(H,19,22). The Bertz CT molecular complexity index is 706. The van der Waals surface area contributed by atoms with Crippen LogP contribution in [0, 0.1) is 11.7 Å². The number of nitrogens with one attached hydrogen (secondary N) is 2. The van der Waals surface area contributed by atoms with Gasteiger partial charge < -0.3 is 10.1 Å². The molecule has 0 radical (unpaired) electrons. The maximum Gasteiger partial charge on any atom is 0.244 e. The van der Waals surface area contributed by atoms with Gasteiger partial charge in [0.2, 0.25) is 15.9 Å². The van der Waals surface area contributed by atoms with Crippen LogP contribution in [0.15, 0.2) is 29.2 Å². The highest BCUT2D eigenvalue weighted by atomic mass is 32.2. The molecule has 0 spiro atoms. The van der Waals surface area contributed by atoms with Crippen LogP contribution in [0.2, 0.25) is 0 Å². The lowest BCUT2D eigenvalue weighted by atomic mass is 10.1. The van der Waals surface area contributed by atoms with Crippen LogP contribution in [-0.4, -0.2) is 64.7 Å². The van der Waals surface area contributed by atoms with Gasteiger partial charge in [-0.25, -0.2) is 12.8 Å². The predicted molar refractivity (Wildman–Crippen MR) is 95.6 cm³/mol. The molecule has 0 bridgehead atoms. The van der Waals surface area contributed by atoms with Gasteiger partial charge in [-0.2, -0.15) is 4.72 Å². The SMILES string of the molecule is CC(C)C(NS(=O)(=O)c1ccccc1F)C(=O)NCCN1CCOCC1. The first kappa shape index (κ1) is 20.8. The number of hydrogen-bond acceptors (Lipinski definition) is 5. The average Bonchev–Trinajstić information content (AvgIpc) is 2.60. The summed E-state index contributed by atoms with van der Waals surface area (Å²) in [4.78, 5) is 14.1. The fraction of sp³-hybridized carbons (Fsp3) is 0.588. The molecule has 1 saturated heterocycles. The third-order valence-corrected chi connectivity index (χ3v) is 5.66. The van der Waals surface area contributed by atoms with E-state index in [1.165, 1.54) is 18.2 Å². The van der Waals surface area contributed by atoms with Gasteiger partial charge in [0, 0.05) is 26.2 Å². The van der Waals surface area contributed by atoms with Crippen molar-refractivity contribution >= 4 is 15.9 Å². The van der Waals surface area contributed by atoms with Gasteiger partial charge in [-0.15, -0.1) is 0 Å². The van der Waals surface area contributed by atoms with Crippen LogP contribution in [0.1, 0.15) is 13.8 Å². The fourth-order valence-electron chi connectivity index (χ4n) is 2.66. The lowest BCUT2D eigenvalue weighted by Gasteiger charge is -2.27. The van der Waals surface area contributed by atoms with Crippen LogP contribution in [0.25, 0.3) is 0 Å². The number of nitrogens with zero attached hydrogens (tertiary/aromatic N) is 1. The second kappa shape index (κ2) is 9.40. The maximum absolute atomic E-state index is 13.8. The summed E-state index contributed by atoms with van der Waals surface area (Å²) in [6, 6.07) is 4.10. The van der Waals surface area contributed by atoms with Crippen LogP contribution in [-0.2, 0) is 19.6 Å². The summed E-state index contributed by atoms with van der Waals surface area (Å²) >= 11 is 0. The summed E-state index contributed by atoms with van der Waals surface area (Å²) < 4.78 is 46.3. The smallest absolute Gasteiger partial charge is 0.244 e. The third-order valence-electron chi connectivity index (χ3n) is 4.19. The van der Waals surface area contributed by atoms with Crippen molar-refractivity contribution in [1.82, 2.24) is 14.9 Å². The first-order chi connectivity index (χ1) is 12.3. The van der Waals surface area contributed by atoms with E-state index >= 15 is 0 Å². The van der Waals surface area contributed by atoms with Crippen LogP contribution in [0.3, 0.4) is 0 Å². The lowest BCUT2D eigenvalue weighted by molar-refractivity contribution is -0.123. The van der Waals surface area contributed by atoms with Crippen LogP contribution >= 0.6 is 0 Å². The van der Waals surface area contributed by atoms with Gasteiger partial charge in [-0.1, -0.05) is 26.0 Å². The molecular formula is C17H26FN3O4S. The number of morpholine rings is 1. The largest absolute Gasteiger partial charge is 0.379 e. The highest BCUT2D eigenvalue weighted by Crippen LogP contribution is 2.15. The second-order valence-electron chi connectivity index (χ2n) is 6.52. The zero-order chi connectivity index (χ0) is 19.2. The van der Waals surface area contributed by atoms with Crippen molar-refractivity contribution in [3.63, 3.8) is 0 Å². The molecule has 2 N–H and O–H groups in total. The number of ether oxygens (including phenoxy) is 1. The molecule has 1 aromatic rings. The average molecular weight is 387 g/mol. The molecule has 146 valence electrons. The summed E-state index contributed by atoms with van der Waals surface area (Å²) in [5.41, 5.74) is 0. The normalized spacial score (nSPS) is 17.2. The monoisotopic (exact) mass is 387 g/mol. The van der Waals surface area contributed by atoms with Crippen molar-refractivity contribution in [3.05, 3.63) is 30.1 Å². The molecule has 1 amide bonds. The highest BCUT2D eigenvalue weighted by Gasteiger charge is 2.29. The lowest BCUT2D eigenvalue weighted by Crippen LogP contribution is -2.51. The third kappa shape index (κ3) is 5.73. The van der Waals surface area contributed by atoms with E-state index in [0.29, 0.717) is 26.3 Å². The summed E-state index contributed by atoms with van der Waals surface area (Å²) in [7, 11) is -4.14. The molecule has 1 aliphatic rings. The molecule has 1 aromatic carbocycles. The molecule has 0 aliphatic carbocycles. The summed E-state index contributed by atoms with van der Waals surface area (Å²) in [5, 5.41) is 2.76. The molecule has 1 fully saturated rings. The van der Waals surface area contributed by atoms with Gasteiger partial charge in [-0.3, -0.25) is 9.69 Å². The topological polar surface area (TPSA) is 87.7 Å². The molecule has 0 saturated carbocycles. The quantitative estimate of drug-likeness (QED) is 0.681. The minimum Gasteiger partial charge on any atom is -0.379 e. The highest BCUT2D eigenvalue weighted by molar-refractivity contribution is 7.89. The van der Waals surface area contributed by atoms with Crippen molar-refractivity contribution in [2.24, 2.45) is 5.92 Å². The fourth-order valence-corrected chi connectivity index (χ4v) is 4.08. The Morgan fingerprint density at radius 1 is 1.27 bits per heavy atom. The van der Waals surface area contributed by atoms with E-state index in [2.05, 4.69) is 14.9 Å². The first-order valence-corrected chi connectivity index (χ1v) is 10.1. The zero-order valence-electron chi connectivity index (χ0n) is 15.1. The van der Waals surface area contributed by atoms with E-state index in [1.807, 2.05) is 0 Å². The second-order valence-corrected chi connectivity index (χ2v) is 8.20. The van der Waals surface area contributed by atoms with E-state index in [0.717, 1.165) is 19.2 Å². The van der Waals surface area contributed by atoms with Crippen molar-refractivity contribution in [3.8, 4) is 0 Å². The molecule has 9 heteroatoms. The predicted octanol–water partition coefficient (Wildman–Crippen LogP) is 0.577. The minimum absolute atomic E-state index is 0.292. The van der Waals surface area contributed by atoms with E-state index < -0.39 is 32.7 Å². The maximum atomic E-state index is 13.8. The van der Waals surface area contributed by atoms with Crippen molar-refractivity contribution < 1.29 is 22.3 Å². The Morgan fingerprint density at radius 3 is 2.54 bits per heavy atom. The minimum atomic E-state index is -4.14. The van der Waals surface area contributed by atoms with Crippen molar-refractivity contribution in [2.75, 3.05) is 39.4 Å². The van der Waals surface area contributed by atoms with Gasteiger partial charge in [0.25, 0.3) is 0 Å². The zero-order valence-corrected chi connectivity index (χ0v) is 15.9. The number of halogens is 1. The first-order valence-electron chi connectivity index (χ1n) is 8.66. The number of sulfonamides is 1. The molecule has 26 heavy (non-hydrogen) atoms. The molecule has 1 heterocycles. The Labute approximate surface area is 154 Å². The van der Waals surface area contributed by atoms with E-state index in [4.69, 9.17) is 4.74 Å². The van der Waals surface area contributed by atoms with Crippen LogP contribution in [0.4, 0.5) is 4.39 Å². The summed E-state index contributed by atoms with van der Waals surface area (Å²) in [5.74, 6) is -1.57. The Balaban J connectivity index is 1.96. The Hall–Kier alpha value is -1.55. The molecule has 2 rings (SSSR count). The van der Waals surface area contributed by atoms with Gasteiger partial charge in [0.15, 0.2) is 0 Å². The summed E-state index contributed by atoms with van der Waals surface area (Å²) in [6.45, 7) is 7.50. The molecule has 1 unspecified atom stereocenters. The molecular weight excluding hydrogens is 361 g/mol. The molecule has 0 aromatic heterocycles. The van der Waals surface area contributed by atoms with Crippen LogP contribution in [0.5, 0.6) is 0 Å². The van der Waals surface area contributed by atoms with Gasteiger partial charge >= 0.3 is 0 Å². The number of amides is 1. The van der Waals surface area contributed by atoms with Gasteiger partial charge in [0.05, 0.1) is 13.2 Å². The Morgan fingerprint density at radius 2 is 1.92 bits per heavy atom. The van der Waals surface area contributed by atoms with Crippen molar-refractivity contribution in [1.29, 1.82) is 0 Å². The van der Waals surface area contributed by atoms with E-state index in [-0.39, 0.29) is 5.92 Å². The number of benzene rings is 1. The van der Waals surface area contributed by atoms with Gasteiger partial charge in [-0.05, 0) is 18.1 Å². The summed E-state index contributed by atoms with van der Waals surface area (Å²) in [6.07, 6.45) is 0. The number of hydrogen-bond donors (Lipinski definition) is 2. The molecule has 1 aliphatic heterocycles. The number of carbonyl (C=O) groups is 1. The number of rotatable bonds is 8. The van der Waals surface area contributed by atoms with E-state index in [1.54, 1.807) is 13.8 Å². The van der Waals surface area contributed by atoms with E-state index in [9.17, 15) is 17.6 Å². The molecule has 1 atom stereocenters. The van der Waals surface area contributed by atoms with Crippen molar-refractivity contribution in [2.45, 2.75) is 24.8 Å². The Kier molecular flexibility index (Phi) is 7.51. The van der Waals surface area contributed by atoms with Gasteiger partial charge in [0.1, 0.15) is 16.8 Å². The number of carbonyl (C=O) groups excluding carboxylic acids is 1. The molecule has 7 nitrogen and oxygen atoms in total. The van der Waals surface area contributed by atoms with Crippen LogP contribution < -0.4 is 10.0 Å².